The van der Waals surface area contributed by atoms with Crippen LogP contribution >= 0.6 is 0 Å². The lowest BCUT2D eigenvalue weighted by molar-refractivity contribution is -0.137. The Balaban J connectivity index is 1.40. The highest BCUT2D eigenvalue weighted by Gasteiger charge is 2.47. The fourth-order valence-electron chi connectivity index (χ4n) is 4.58. The molecule has 1 aliphatic heterocycles. The van der Waals surface area contributed by atoms with Gasteiger partial charge in [0.15, 0.2) is 5.82 Å². The fraction of sp³-hybridized carbons (Fsp3) is 0.360. The van der Waals surface area contributed by atoms with Gasteiger partial charge < -0.3 is 9.64 Å². The highest BCUT2D eigenvalue weighted by molar-refractivity contribution is 6.00. The first kappa shape index (κ1) is 22.3. The van der Waals surface area contributed by atoms with E-state index in [9.17, 15) is 18.0 Å². The van der Waals surface area contributed by atoms with Gasteiger partial charge in [-0.25, -0.2) is 15.0 Å². The van der Waals surface area contributed by atoms with Crippen molar-refractivity contribution in [2.75, 3.05) is 13.2 Å². The average molecular weight is 468 g/mol. The lowest BCUT2D eigenvalue weighted by atomic mass is 9.98. The van der Waals surface area contributed by atoms with Crippen LogP contribution in [0.4, 0.5) is 13.2 Å². The van der Waals surface area contributed by atoms with E-state index >= 15 is 0 Å². The number of piperidine rings is 1. The lowest BCUT2D eigenvalue weighted by Crippen LogP contribution is -2.47. The van der Waals surface area contributed by atoms with E-state index in [1.165, 1.54) is 0 Å². The van der Waals surface area contributed by atoms with Crippen LogP contribution in [-0.4, -0.2) is 45.0 Å². The van der Waals surface area contributed by atoms with E-state index in [0.29, 0.717) is 35.3 Å². The zero-order valence-corrected chi connectivity index (χ0v) is 18.5. The summed E-state index contributed by atoms with van der Waals surface area (Å²) in [7, 11) is 0. The molecule has 1 aliphatic carbocycles. The SMILES string of the molecule is Cc1ccc(-c2ncccn2)c(C(=O)N2CC3CC3CC2COc2cc(C(F)(F)F)ccn2)c1. The van der Waals surface area contributed by atoms with E-state index < -0.39 is 11.7 Å². The van der Waals surface area contributed by atoms with Crippen molar-refractivity contribution < 1.29 is 22.7 Å². The Morgan fingerprint density at radius 1 is 1.06 bits per heavy atom. The largest absolute Gasteiger partial charge is 0.475 e. The Morgan fingerprint density at radius 3 is 2.62 bits per heavy atom. The fourth-order valence-corrected chi connectivity index (χ4v) is 4.58. The molecule has 5 rings (SSSR count). The first-order chi connectivity index (χ1) is 16.3. The average Bonchev–Trinajstić information content (AvgIpc) is 3.60. The smallest absolute Gasteiger partial charge is 0.416 e. The molecule has 0 radical (unpaired) electrons. The van der Waals surface area contributed by atoms with E-state index in [-0.39, 0.29) is 24.4 Å². The number of likely N-dealkylation sites (tertiary alicyclic amines) is 1. The number of alkyl halides is 3. The number of rotatable bonds is 5. The van der Waals surface area contributed by atoms with Crippen LogP contribution in [0.5, 0.6) is 5.88 Å². The Kier molecular flexibility index (Phi) is 5.71. The van der Waals surface area contributed by atoms with Crippen LogP contribution in [0.1, 0.15) is 34.3 Å². The lowest BCUT2D eigenvalue weighted by Gasteiger charge is -2.35. The highest BCUT2D eigenvalue weighted by atomic mass is 19.4. The number of pyridine rings is 1. The number of aromatic nitrogens is 3. The molecule has 0 N–H and O–H groups in total. The van der Waals surface area contributed by atoms with Crippen LogP contribution in [-0.2, 0) is 6.18 Å². The summed E-state index contributed by atoms with van der Waals surface area (Å²) in [5, 5.41) is 0. The van der Waals surface area contributed by atoms with Crippen LogP contribution in [0, 0.1) is 18.8 Å². The third-order valence-corrected chi connectivity index (χ3v) is 6.47. The van der Waals surface area contributed by atoms with E-state index in [1.54, 1.807) is 23.4 Å². The number of ether oxygens (including phenoxy) is 1. The van der Waals surface area contributed by atoms with Gasteiger partial charge in [-0.15, -0.1) is 0 Å². The summed E-state index contributed by atoms with van der Waals surface area (Å²) in [6.07, 6.45) is 1.66. The van der Waals surface area contributed by atoms with Crippen molar-refractivity contribution in [3.05, 3.63) is 71.7 Å². The van der Waals surface area contributed by atoms with E-state index in [2.05, 4.69) is 15.0 Å². The molecule has 0 spiro atoms. The van der Waals surface area contributed by atoms with E-state index in [0.717, 1.165) is 36.7 Å². The van der Waals surface area contributed by atoms with Crippen molar-refractivity contribution in [1.82, 2.24) is 19.9 Å². The summed E-state index contributed by atoms with van der Waals surface area (Å²) < 4.78 is 44.8. The van der Waals surface area contributed by atoms with Crippen molar-refractivity contribution in [1.29, 1.82) is 0 Å². The molecule has 3 heterocycles. The normalized spacial score (nSPS) is 21.6. The number of fused-ring (bicyclic) bond motifs is 1. The molecule has 2 aromatic heterocycles. The number of hydrogen-bond donors (Lipinski definition) is 0. The summed E-state index contributed by atoms with van der Waals surface area (Å²) in [6, 6.07) is 8.84. The molecule has 176 valence electrons. The molecule has 1 saturated heterocycles. The highest BCUT2D eigenvalue weighted by Crippen LogP contribution is 2.47. The Morgan fingerprint density at radius 2 is 1.85 bits per heavy atom. The molecule has 1 aromatic carbocycles. The van der Waals surface area contributed by atoms with Gasteiger partial charge >= 0.3 is 6.18 Å². The molecule has 1 saturated carbocycles. The van der Waals surface area contributed by atoms with Gasteiger partial charge in [-0.1, -0.05) is 17.7 Å². The number of amides is 1. The van der Waals surface area contributed by atoms with Crippen molar-refractivity contribution >= 4 is 5.91 Å². The Hall–Kier alpha value is -3.49. The monoisotopic (exact) mass is 468 g/mol. The minimum absolute atomic E-state index is 0.0757. The number of carbonyl (C=O) groups is 1. The quantitative estimate of drug-likeness (QED) is 0.538. The standard InChI is InChI=1S/C25H23F3N4O2/c1-15-3-4-20(23-30-6-2-7-31-23)21(9-15)24(33)32-13-17-10-16(17)11-19(32)14-34-22-12-18(5-8-29-22)25(26,27)28/h2-9,12,16-17,19H,10-11,13-14H2,1H3. The minimum atomic E-state index is -4.48. The van der Waals surface area contributed by atoms with Gasteiger partial charge in [0.25, 0.3) is 5.91 Å². The molecule has 1 amide bonds. The summed E-state index contributed by atoms with van der Waals surface area (Å²) in [5.41, 5.74) is 1.27. The van der Waals surface area contributed by atoms with Crippen LogP contribution in [0.3, 0.4) is 0 Å². The predicted octanol–water partition coefficient (Wildman–Crippen LogP) is 4.80. The van der Waals surface area contributed by atoms with Gasteiger partial charge in [-0.3, -0.25) is 4.79 Å². The van der Waals surface area contributed by atoms with Crippen molar-refractivity contribution in [3.63, 3.8) is 0 Å². The van der Waals surface area contributed by atoms with Crippen LogP contribution in [0.2, 0.25) is 0 Å². The molecule has 6 nitrogen and oxygen atoms in total. The summed E-state index contributed by atoms with van der Waals surface area (Å²) in [6.45, 7) is 2.59. The molecule has 34 heavy (non-hydrogen) atoms. The van der Waals surface area contributed by atoms with Crippen LogP contribution in [0.15, 0.2) is 55.0 Å². The first-order valence-electron chi connectivity index (χ1n) is 11.1. The summed E-state index contributed by atoms with van der Waals surface area (Å²) in [5.74, 6) is 1.18. The third kappa shape index (κ3) is 4.60. The van der Waals surface area contributed by atoms with Gasteiger partial charge in [0.2, 0.25) is 5.88 Å². The number of carbonyl (C=O) groups excluding carboxylic acids is 1. The zero-order valence-electron chi connectivity index (χ0n) is 18.5. The maximum atomic E-state index is 13.8. The molecule has 3 aromatic rings. The van der Waals surface area contributed by atoms with Crippen molar-refractivity contribution in [3.8, 4) is 17.3 Å². The molecule has 2 aliphatic rings. The predicted molar refractivity (Wildman–Crippen MR) is 118 cm³/mol. The topological polar surface area (TPSA) is 68.2 Å². The first-order valence-corrected chi connectivity index (χ1v) is 11.1. The second-order valence-corrected chi connectivity index (χ2v) is 8.92. The maximum absolute atomic E-state index is 13.8. The van der Waals surface area contributed by atoms with Gasteiger partial charge in [0.1, 0.15) is 6.61 Å². The van der Waals surface area contributed by atoms with Gasteiger partial charge in [0, 0.05) is 36.8 Å². The van der Waals surface area contributed by atoms with Crippen molar-refractivity contribution in [2.24, 2.45) is 11.8 Å². The number of hydrogen-bond acceptors (Lipinski definition) is 5. The molecule has 9 heteroatoms. The second kappa shape index (κ2) is 8.70. The van der Waals surface area contributed by atoms with Gasteiger partial charge in [0.05, 0.1) is 17.2 Å². The number of nitrogens with zero attached hydrogens (tertiary/aromatic N) is 4. The van der Waals surface area contributed by atoms with E-state index in [1.807, 2.05) is 25.1 Å². The number of aryl methyl sites for hydroxylation is 1. The molecule has 2 fully saturated rings. The van der Waals surface area contributed by atoms with Gasteiger partial charge in [-0.2, -0.15) is 13.2 Å². The summed E-state index contributed by atoms with van der Waals surface area (Å²) >= 11 is 0. The molecule has 3 unspecified atom stereocenters. The zero-order chi connectivity index (χ0) is 23.9. The number of halogens is 3. The van der Waals surface area contributed by atoms with Crippen LogP contribution < -0.4 is 4.74 Å². The molecule has 3 atom stereocenters. The molecular formula is C25H23F3N4O2. The second-order valence-electron chi connectivity index (χ2n) is 8.92. The van der Waals surface area contributed by atoms with Crippen molar-refractivity contribution in [2.45, 2.75) is 32.0 Å². The third-order valence-electron chi connectivity index (χ3n) is 6.47. The van der Waals surface area contributed by atoms with Crippen LogP contribution in [0.25, 0.3) is 11.4 Å². The Bertz CT molecular complexity index is 1200. The minimum Gasteiger partial charge on any atom is -0.475 e. The molecule has 0 bridgehead atoms. The number of benzene rings is 1. The van der Waals surface area contributed by atoms with Gasteiger partial charge in [-0.05, 0) is 49.8 Å². The Labute approximate surface area is 194 Å². The maximum Gasteiger partial charge on any atom is 0.416 e. The summed E-state index contributed by atoms with van der Waals surface area (Å²) in [4.78, 5) is 28.1. The van der Waals surface area contributed by atoms with E-state index in [4.69, 9.17) is 4.74 Å². The molecular weight excluding hydrogens is 445 g/mol.